The zero-order chi connectivity index (χ0) is 13.7. The Kier molecular flexibility index (Phi) is 4.75. The van der Waals surface area contributed by atoms with Gasteiger partial charge in [-0.3, -0.25) is 0 Å². The van der Waals surface area contributed by atoms with E-state index in [9.17, 15) is 0 Å². The van der Waals surface area contributed by atoms with Crippen LogP contribution in [0.4, 0.5) is 0 Å². The molecule has 0 saturated heterocycles. The van der Waals surface area contributed by atoms with Gasteiger partial charge in [-0.2, -0.15) is 0 Å². The third-order valence-electron chi connectivity index (χ3n) is 3.55. The summed E-state index contributed by atoms with van der Waals surface area (Å²) in [5.41, 5.74) is 11.3. The SMILES string of the molecule is CCCc1cccc(-c2cccc(C(N)CC)c2)c1. The second-order valence-electron chi connectivity index (χ2n) is 5.09. The Morgan fingerprint density at radius 2 is 1.63 bits per heavy atom. The van der Waals surface area contributed by atoms with Crippen molar-refractivity contribution in [2.75, 3.05) is 0 Å². The van der Waals surface area contributed by atoms with E-state index in [4.69, 9.17) is 5.73 Å². The highest BCUT2D eigenvalue weighted by Crippen LogP contribution is 2.24. The minimum Gasteiger partial charge on any atom is -0.324 e. The Hall–Kier alpha value is -1.60. The molecule has 0 bridgehead atoms. The Balaban J connectivity index is 2.33. The first-order chi connectivity index (χ1) is 9.24. The van der Waals surface area contributed by atoms with Gasteiger partial charge in [0.05, 0.1) is 0 Å². The number of rotatable bonds is 5. The van der Waals surface area contributed by atoms with Crippen LogP contribution in [0, 0.1) is 0 Å². The average Bonchev–Trinajstić information content (AvgIpc) is 2.47. The van der Waals surface area contributed by atoms with Crippen LogP contribution in [0.5, 0.6) is 0 Å². The molecule has 2 N–H and O–H groups in total. The highest BCUT2D eigenvalue weighted by Gasteiger charge is 2.05. The molecule has 2 rings (SSSR count). The molecular formula is C18H23N. The summed E-state index contributed by atoms with van der Waals surface area (Å²) in [4.78, 5) is 0. The first-order valence-corrected chi connectivity index (χ1v) is 7.19. The summed E-state index contributed by atoms with van der Waals surface area (Å²) < 4.78 is 0. The normalized spacial score (nSPS) is 12.4. The van der Waals surface area contributed by atoms with Crippen LogP contribution in [0.15, 0.2) is 48.5 Å². The first kappa shape index (κ1) is 13.8. The topological polar surface area (TPSA) is 26.0 Å². The van der Waals surface area contributed by atoms with E-state index in [1.54, 1.807) is 0 Å². The minimum atomic E-state index is 0.138. The standard InChI is InChI=1S/C18H23N/c1-3-7-14-8-5-9-15(12-14)16-10-6-11-17(13-16)18(19)4-2/h5-6,8-13,18H,3-4,7,19H2,1-2H3. The molecule has 2 aromatic carbocycles. The van der Waals surface area contributed by atoms with Crippen molar-refractivity contribution in [3.63, 3.8) is 0 Å². The maximum absolute atomic E-state index is 6.12. The van der Waals surface area contributed by atoms with Gasteiger partial charge in [0.15, 0.2) is 0 Å². The van der Waals surface area contributed by atoms with Crippen molar-refractivity contribution in [2.24, 2.45) is 5.73 Å². The molecule has 0 aromatic heterocycles. The lowest BCUT2D eigenvalue weighted by Crippen LogP contribution is -2.08. The van der Waals surface area contributed by atoms with Crippen LogP contribution in [0.1, 0.15) is 43.9 Å². The van der Waals surface area contributed by atoms with Crippen molar-refractivity contribution >= 4 is 0 Å². The fraction of sp³-hybridized carbons (Fsp3) is 0.333. The van der Waals surface area contributed by atoms with Crippen molar-refractivity contribution in [3.05, 3.63) is 59.7 Å². The van der Waals surface area contributed by atoms with Gasteiger partial charge in [0.25, 0.3) is 0 Å². The molecule has 0 aliphatic carbocycles. The van der Waals surface area contributed by atoms with Gasteiger partial charge in [0.2, 0.25) is 0 Å². The molecule has 0 spiro atoms. The van der Waals surface area contributed by atoms with Crippen LogP contribution in [0.25, 0.3) is 11.1 Å². The summed E-state index contributed by atoms with van der Waals surface area (Å²) in [7, 11) is 0. The molecule has 100 valence electrons. The molecule has 1 atom stereocenters. The number of hydrogen-bond acceptors (Lipinski definition) is 1. The molecule has 0 heterocycles. The van der Waals surface area contributed by atoms with Crippen LogP contribution >= 0.6 is 0 Å². The van der Waals surface area contributed by atoms with Gasteiger partial charge >= 0.3 is 0 Å². The average molecular weight is 253 g/mol. The number of aryl methyl sites for hydroxylation is 1. The highest BCUT2D eigenvalue weighted by atomic mass is 14.6. The summed E-state index contributed by atoms with van der Waals surface area (Å²) in [5, 5.41) is 0. The van der Waals surface area contributed by atoms with Gasteiger partial charge in [0.1, 0.15) is 0 Å². The van der Waals surface area contributed by atoms with E-state index in [2.05, 4.69) is 62.4 Å². The number of nitrogens with two attached hydrogens (primary N) is 1. The van der Waals surface area contributed by atoms with Gasteiger partial charge in [-0.25, -0.2) is 0 Å². The molecular weight excluding hydrogens is 230 g/mol. The summed E-state index contributed by atoms with van der Waals surface area (Å²) in [6.45, 7) is 4.34. The summed E-state index contributed by atoms with van der Waals surface area (Å²) in [5.74, 6) is 0. The van der Waals surface area contributed by atoms with Crippen LogP contribution in [-0.2, 0) is 6.42 Å². The molecule has 2 aromatic rings. The quantitative estimate of drug-likeness (QED) is 0.820. The molecule has 0 aliphatic heterocycles. The molecule has 0 radical (unpaired) electrons. The Bertz CT molecular complexity index is 531. The summed E-state index contributed by atoms with van der Waals surface area (Å²) in [6.07, 6.45) is 3.30. The highest BCUT2D eigenvalue weighted by molar-refractivity contribution is 5.65. The van der Waals surface area contributed by atoms with Crippen LogP contribution in [0.3, 0.4) is 0 Å². The molecule has 0 fully saturated rings. The third kappa shape index (κ3) is 3.45. The molecule has 1 unspecified atom stereocenters. The van der Waals surface area contributed by atoms with Crippen LogP contribution in [0.2, 0.25) is 0 Å². The van der Waals surface area contributed by atoms with E-state index in [0.717, 1.165) is 12.8 Å². The van der Waals surface area contributed by atoms with E-state index in [0.29, 0.717) is 0 Å². The first-order valence-electron chi connectivity index (χ1n) is 7.19. The van der Waals surface area contributed by atoms with Crippen molar-refractivity contribution in [1.82, 2.24) is 0 Å². The van der Waals surface area contributed by atoms with Crippen LogP contribution < -0.4 is 5.73 Å². The van der Waals surface area contributed by atoms with E-state index in [-0.39, 0.29) is 6.04 Å². The molecule has 19 heavy (non-hydrogen) atoms. The van der Waals surface area contributed by atoms with E-state index in [1.807, 2.05) is 0 Å². The third-order valence-corrected chi connectivity index (χ3v) is 3.55. The van der Waals surface area contributed by atoms with E-state index >= 15 is 0 Å². The van der Waals surface area contributed by atoms with Crippen molar-refractivity contribution in [3.8, 4) is 11.1 Å². The minimum absolute atomic E-state index is 0.138. The molecule has 1 nitrogen and oxygen atoms in total. The fourth-order valence-corrected chi connectivity index (χ4v) is 2.38. The maximum atomic E-state index is 6.12. The second-order valence-corrected chi connectivity index (χ2v) is 5.09. The lowest BCUT2D eigenvalue weighted by atomic mass is 9.97. The predicted molar refractivity (Wildman–Crippen MR) is 83.1 cm³/mol. The molecule has 0 saturated carbocycles. The van der Waals surface area contributed by atoms with E-state index in [1.165, 1.54) is 28.7 Å². The van der Waals surface area contributed by atoms with Crippen molar-refractivity contribution < 1.29 is 0 Å². The zero-order valence-electron chi connectivity index (χ0n) is 11.9. The lowest BCUT2D eigenvalue weighted by molar-refractivity contribution is 0.699. The smallest absolute Gasteiger partial charge is 0.0292 e. The lowest BCUT2D eigenvalue weighted by Gasteiger charge is -2.11. The summed E-state index contributed by atoms with van der Waals surface area (Å²) >= 11 is 0. The largest absolute Gasteiger partial charge is 0.324 e. The van der Waals surface area contributed by atoms with Gasteiger partial charge < -0.3 is 5.73 Å². The van der Waals surface area contributed by atoms with Gasteiger partial charge in [-0.15, -0.1) is 0 Å². The number of hydrogen-bond donors (Lipinski definition) is 1. The van der Waals surface area contributed by atoms with Crippen LogP contribution in [-0.4, -0.2) is 0 Å². The second kappa shape index (κ2) is 6.53. The van der Waals surface area contributed by atoms with Gasteiger partial charge in [-0.1, -0.05) is 62.7 Å². The number of benzene rings is 2. The summed E-state index contributed by atoms with van der Waals surface area (Å²) in [6, 6.07) is 17.6. The molecule has 0 aliphatic rings. The Morgan fingerprint density at radius 1 is 0.947 bits per heavy atom. The van der Waals surface area contributed by atoms with Gasteiger partial charge in [-0.05, 0) is 41.2 Å². The zero-order valence-corrected chi connectivity index (χ0v) is 11.9. The molecule has 1 heteroatoms. The predicted octanol–water partition coefficient (Wildman–Crippen LogP) is 4.72. The maximum Gasteiger partial charge on any atom is 0.0292 e. The van der Waals surface area contributed by atoms with E-state index < -0.39 is 0 Å². The van der Waals surface area contributed by atoms with Crippen molar-refractivity contribution in [2.45, 2.75) is 39.2 Å². The van der Waals surface area contributed by atoms with Gasteiger partial charge in [0, 0.05) is 6.04 Å². The van der Waals surface area contributed by atoms with Crippen molar-refractivity contribution in [1.29, 1.82) is 0 Å². The Labute approximate surface area is 116 Å². The Morgan fingerprint density at radius 3 is 2.32 bits per heavy atom. The fourth-order valence-electron chi connectivity index (χ4n) is 2.38. The monoisotopic (exact) mass is 253 g/mol. The molecule has 0 amide bonds.